The van der Waals surface area contributed by atoms with Gasteiger partial charge < -0.3 is 16.2 Å². The number of nitrogens with one attached hydrogen (secondary N) is 1. The van der Waals surface area contributed by atoms with E-state index >= 15 is 0 Å². The molecule has 4 nitrogen and oxygen atoms in total. The highest BCUT2D eigenvalue weighted by Crippen LogP contribution is 2.32. The number of nitrogen functional groups attached to an aromatic ring is 1. The van der Waals surface area contributed by atoms with Gasteiger partial charge in [-0.05, 0) is 30.9 Å². The maximum atomic E-state index is 9.60. The molecule has 0 spiro atoms. The Hall–Kier alpha value is -1.29. The highest BCUT2D eigenvalue weighted by molar-refractivity contribution is 5.42. The van der Waals surface area contributed by atoms with Crippen LogP contribution in [-0.4, -0.2) is 22.7 Å². The first-order chi connectivity index (χ1) is 6.75. The van der Waals surface area contributed by atoms with Crippen LogP contribution in [0.4, 0.5) is 11.6 Å². The van der Waals surface area contributed by atoms with Gasteiger partial charge in [0.05, 0.1) is 6.10 Å². The van der Waals surface area contributed by atoms with Crippen LogP contribution < -0.4 is 11.1 Å². The largest absolute Gasteiger partial charge is 0.391 e. The minimum absolute atomic E-state index is 0.252. The summed E-state index contributed by atoms with van der Waals surface area (Å²) in [5, 5.41) is 12.7. The predicted octanol–water partition coefficient (Wildman–Crippen LogP) is 0.847. The molecule has 4 N–H and O–H groups in total. The van der Waals surface area contributed by atoms with Crippen molar-refractivity contribution in [3.8, 4) is 0 Å². The molecule has 1 saturated carbocycles. The topological polar surface area (TPSA) is 71.2 Å². The first kappa shape index (κ1) is 9.27. The van der Waals surface area contributed by atoms with Crippen molar-refractivity contribution in [1.82, 2.24) is 4.98 Å². The van der Waals surface area contributed by atoms with Crippen LogP contribution in [0.5, 0.6) is 0 Å². The van der Waals surface area contributed by atoms with E-state index in [-0.39, 0.29) is 6.10 Å². The second-order valence-electron chi connectivity index (χ2n) is 3.73. The molecule has 0 radical (unpaired) electrons. The standard InChI is InChI=1S/C10H15N3O/c11-9-2-1-3-10(13-9)12-6-8(14)7-4-5-7/h1-3,7-8,14H,4-6H2,(H3,11,12,13). The van der Waals surface area contributed by atoms with Gasteiger partial charge in [0.1, 0.15) is 11.6 Å². The van der Waals surface area contributed by atoms with Crippen molar-refractivity contribution >= 4 is 11.6 Å². The Morgan fingerprint density at radius 2 is 2.36 bits per heavy atom. The van der Waals surface area contributed by atoms with E-state index in [4.69, 9.17) is 5.73 Å². The molecule has 14 heavy (non-hydrogen) atoms. The fraction of sp³-hybridized carbons (Fsp3) is 0.500. The molecule has 1 unspecified atom stereocenters. The van der Waals surface area contributed by atoms with Gasteiger partial charge in [-0.15, -0.1) is 0 Å². The van der Waals surface area contributed by atoms with Crippen LogP contribution in [0, 0.1) is 5.92 Å². The summed E-state index contributed by atoms with van der Waals surface area (Å²) in [7, 11) is 0. The van der Waals surface area contributed by atoms with Gasteiger partial charge in [0.2, 0.25) is 0 Å². The molecule has 1 heterocycles. The Balaban J connectivity index is 1.84. The third-order valence-corrected chi connectivity index (χ3v) is 2.43. The second-order valence-corrected chi connectivity index (χ2v) is 3.73. The van der Waals surface area contributed by atoms with Crippen molar-refractivity contribution in [2.75, 3.05) is 17.6 Å². The number of aliphatic hydroxyl groups excluding tert-OH is 1. The Bertz CT molecular complexity index is 312. The highest BCUT2D eigenvalue weighted by Gasteiger charge is 2.29. The maximum absolute atomic E-state index is 9.60. The van der Waals surface area contributed by atoms with Gasteiger partial charge in [0, 0.05) is 6.54 Å². The first-order valence-electron chi connectivity index (χ1n) is 4.90. The van der Waals surface area contributed by atoms with Crippen LogP contribution in [0.3, 0.4) is 0 Å². The van der Waals surface area contributed by atoms with E-state index in [1.54, 1.807) is 6.07 Å². The number of aliphatic hydroxyl groups is 1. The van der Waals surface area contributed by atoms with Crippen LogP contribution in [0.2, 0.25) is 0 Å². The summed E-state index contributed by atoms with van der Waals surface area (Å²) < 4.78 is 0. The van der Waals surface area contributed by atoms with Gasteiger partial charge >= 0.3 is 0 Å². The van der Waals surface area contributed by atoms with Crippen LogP contribution in [0.1, 0.15) is 12.8 Å². The molecular weight excluding hydrogens is 178 g/mol. The van der Waals surface area contributed by atoms with E-state index in [0.717, 1.165) is 18.7 Å². The second kappa shape index (κ2) is 3.84. The summed E-state index contributed by atoms with van der Waals surface area (Å²) in [5.41, 5.74) is 5.52. The normalized spacial score (nSPS) is 17.8. The van der Waals surface area contributed by atoms with E-state index in [9.17, 15) is 5.11 Å². The number of pyridine rings is 1. The molecule has 1 fully saturated rings. The van der Waals surface area contributed by atoms with Crippen LogP contribution >= 0.6 is 0 Å². The van der Waals surface area contributed by atoms with Gasteiger partial charge in [-0.25, -0.2) is 4.98 Å². The minimum atomic E-state index is -0.252. The Morgan fingerprint density at radius 3 is 3.00 bits per heavy atom. The number of nitrogens with two attached hydrogens (primary N) is 1. The number of hydrogen-bond donors (Lipinski definition) is 3. The van der Waals surface area contributed by atoms with E-state index in [2.05, 4.69) is 10.3 Å². The summed E-state index contributed by atoms with van der Waals surface area (Å²) in [6, 6.07) is 5.42. The summed E-state index contributed by atoms with van der Waals surface area (Å²) >= 11 is 0. The number of anilines is 2. The highest BCUT2D eigenvalue weighted by atomic mass is 16.3. The van der Waals surface area contributed by atoms with Crippen molar-refractivity contribution in [2.45, 2.75) is 18.9 Å². The van der Waals surface area contributed by atoms with Crippen LogP contribution in [-0.2, 0) is 0 Å². The fourth-order valence-corrected chi connectivity index (χ4v) is 1.41. The van der Waals surface area contributed by atoms with E-state index in [0.29, 0.717) is 18.3 Å². The molecule has 1 aliphatic rings. The Kier molecular flexibility index (Phi) is 2.54. The lowest BCUT2D eigenvalue weighted by Crippen LogP contribution is -2.21. The molecule has 0 aliphatic heterocycles. The summed E-state index contributed by atoms with van der Waals surface area (Å²) in [5.74, 6) is 1.71. The third-order valence-electron chi connectivity index (χ3n) is 2.43. The molecule has 2 rings (SSSR count). The first-order valence-corrected chi connectivity index (χ1v) is 4.90. The lowest BCUT2D eigenvalue weighted by molar-refractivity contribution is 0.164. The zero-order valence-electron chi connectivity index (χ0n) is 7.98. The average molecular weight is 193 g/mol. The molecular formula is C10H15N3O. The minimum Gasteiger partial charge on any atom is -0.391 e. The lowest BCUT2D eigenvalue weighted by Gasteiger charge is -2.10. The summed E-state index contributed by atoms with van der Waals surface area (Å²) in [6.45, 7) is 0.557. The molecule has 76 valence electrons. The number of rotatable bonds is 4. The monoisotopic (exact) mass is 193 g/mol. The van der Waals surface area contributed by atoms with Gasteiger partial charge in [-0.2, -0.15) is 0 Å². The molecule has 1 atom stereocenters. The van der Waals surface area contributed by atoms with Crippen LogP contribution in [0.15, 0.2) is 18.2 Å². The summed E-state index contributed by atoms with van der Waals surface area (Å²) in [4.78, 5) is 4.08. The molecule has 1 aromatic heterocycles. The maximum Gasteiger partial charge on any atom is 0.128 e. The number of hydrogen-bond acceptors (Lipinski definition) is 4. The van der Waals surface area contributed by atoms with Crippen molar-refractivity contribution in [3.05, 3.63) is 18.2 Å². The van der Waals surface area contributed by atoms with Gasteiger partial charge in [-0.1, -0.05) is 6.07 Å². The molecule has 0 amide bonds. The molecule has 1 aromatic rings. The third kappa shape index (κ3) is 2.35. The zero-order valence-corrected chi connectivity index (χ0v) is 7.98. The van der Waals surface area contributed by atoms with Crippen molar-refractivity contribution in [1.29, 1.82) is 0 Å². The number of nitrogens with zero attached hydrogens (tertiary/aromatic N) is 1. The molecule has 1 aliphatic carbocycles. The van der Waals surface area contributed by atoms with E-state index in [1.165, 1.54) is 0 Å². The Labute approximate surface area is 83.2 Å². The van der Waals surface area contributed by atoms with Gasteiger partial charge in [0.25, 0.3) is 0 Å². The smallest absolute Gasteiger partial charge is 0.128 e. The van der Waals surface area contributed by atoms with E-state index < -0.39 is 0 Å². The molecule has 0 aromatic carbocycles. The van der Waals surface area contributed by atoms with Crippen molar-refractivity contribution in [2.24, 2.45) is 5.92 Å². The number of aromatic nitrogens is 1. The average Bonchev–Trinajstić information content (AvgIpc) is 2.97. The molecule has 0 bridgehead atoms. The SMILES string of the molecule is Nc1cccc(NCC(O)C2CC2)n1. The van der Waals surface area contributed by atoms with Crippen molar-refractivity contribution < 1.29 is 5.11 Å². The molecule has 0 saturated heterocycles. The Morgan fingerprint density at radius 1 is 1.57 bits per heavy atom. The lowest BCUT2D eigenvalue weighted by atomic mass is 10.2. The van der Waals surface area contributed by atoms with Crippen molar-refractivity contribution in [3.63, 3.8) is 0 Å². The van der Waals surface area contributed by atoms with Crippen LogP contribution in [0.25, 0.3) is 0 Å². The summed E-state index contributed by atoms with van der Waals surface area (Å²) in [6.07, 6.45) is 2.04. The molecule has 4 heteroatoms. The fourth-order valence-electron chi connectivity index (χ4n) is 1.41. The predicted molar refractivity (Wildman–Crippen MR) is 55.9 cm³/mol. The van der Waals surface area contributed by atoms with E-state index in [1.807, 2.05) is 12.1 Å². The quantitative estimate of drug-likeness (QED) is 0.663. The zero-order chi connectivity index (χ0) is 9.97. The van der Waals surface area contributed by atoms with Gasteiger partial charge in [0.15, 0.2) is 0 Å². The van der Waals surface area contributed by atoms with Gasteiger partial charge in [-0.3, -0.25) is 0 Å².